The average Bonchev–Trinajstić information content (AvgIpc) is 2.53. The van der Waals surface area contributed by atoms with Gasteiger partial charge in [-0.3, -0.25) is 0 Å². The zero-order chi connectivity index (χ0) is 13.0. The van der Waals surface area contributed by atoms with Gasteiger partial charge in [-0.15, -0.1) is 0 Å². The molecule has 3 nitrogen and oxygen atoms in total. The lowest BCUT2D eigenvalue weighted by atomic mass is 10.1. The first-order valence-electron chi connectivity index (χ1n) is 5.68. The second-order valence-corrected chi connectivity index (χ2v) is 4.61. The number of aromatic nitrogens is 1. The maximum Gasteiger partial charge on any atom is 0.130 e. The van der Waals surface area contributed by atoms with Crippen LogP contribution in [-0.4, -0.2) is 4.57 Å². The summed E-state index contributed by atoms with van der Waals surface area (Å²) in [5.74, 6) is 0.572. The first-order valence-corrected chi connectivity index (χ1v) is 5.68. The molecular weight excluding hydrogens is 210 g/mol. The summed E-state index contributed by atoms with van der Waals surface area (Å²) in [6.45, 7) is 9.37. The molecule has 0 aliphatic rings. The zero-order valence-electron chi connectivity index (χ0n) is 10.8. The van der Waals surface area contributed by atoms with Crippen molar-refractivity contribution in [2.24, 2.45) is 5.92 Å². The van der Waals surface area contributed by atoms with E-state index in [-0.39, 0.29) is 5.57 Å². The first-order chi connectivity index (χ1) is 7.99. The largest absolute Gasteiger partial charge is 0.348 e. The van der Waals surface area contributed by atoms with E-state index in [0.29, 0.717) is 5.92 Å². The van der Waals surface area contributed by atoms with Crippen LogP contribution in [0.2, 0.25) is 0 Å². The van der Waals surface area contributed by atoms with E-state index in [1.807, 2.05) is 32.1 Å². The summed E-state index contributed by atoms with van der Waals surface area (Å²) in [4.78, 5) is 0. The third-order valence-electron chi connectivity index (χ3n) is 2.70. The molecule has 0 saturated heterocycles. The summed E-state index contributed by atoms with van der Waals surface area (Å²) >= 11 is 0. The van der Waals surface area contributed by atoms with E-state index >= 15 is 0 Å². The molecular formula is C14H17N3. The average molecular weight is 227 g/mol. The standard InChI is InChI=1S/C14H17N3/c1-10(2)9-17-11(3)5-14(12(17)4)6-13(7-15)8-16/h5-6,10H,9H2,1-4H3. The fourth-order valence-corrected chi connectivity index (χ4v) is 1.87. The van der Waals surface area contributed by atoms with Gasteiger partial charge < -0.3 is 4.57 Å². The van der Waals surface area contributed by atoms with Gasteiger partial charge >= 0.3 is 0 Å². The predicted octanol–water partition coefficient (Wildman–Crippen LogP) is 3.19. The van der Waals surface area contributed by atoms with Crippen LogP contribution in [0, 0.1) is 42.4 Å². The van der Waals surface area contributed by atoms with Gasteiger partial charge in [0, 0.05) is 17.9 Å². The Balaban J connectivity index is 3.19. The van der Waals surface area contributed by atoms with Crippen LogP contribution < -0.4 is 0 Å². The predicted molar refractivity (Wildman–Crippen MR) is 67.9 cm³/mol. The number of allylic oxidation sites excluding steroid dienone is 1. The van der Waals surface area contributed by atoms with Crippen LogP contribution >= 0.6 is 0 Å². The van der Waals surface area contributed by atoms with Gasteiger partial charge in [0.05, 0.1) is 0 Å². The Morgan fingerprint density at radius 1 is 1.35 bits per heavy atom. The van der Waals surface area contributed by atoms with Gasteiger partial charge in [0.1, 0.15) is 17.7 Å². The van der Waals surface area contributed by atoms with Gasteiger partial charge in [0.25, 0.3) is 0 Å². The highest BCUT2D eigenvalue weighted by atomic mass is 15.0. The van der Waals surface area contributed by atoms with E-state index in [9.17, 15) is 0 Å². The Labute approximate surface area is 103 Å². The third kappa shape index (κ3) is 2.98. The molecule has 1 rings (SSSR count). The Hall–Kier alpha value is -2.00. The molecule has 1 heterocycles. The highest BCUT2D eigenvalue weighted by Crippen LogP contribution is 2.19. The molecule has 0 aliphatic carbocycles. The number of hydrogen-bond donors (Lipinski definition) is 0. The lowest BCUT2D eigenvalue weighted by Crippen LogP contribution is -2.07. The number of nitriles is 2. The second kappa shape index (κ2) is 5.37. The molecule has 1 aromatic rings. The summed E-state index contributed by atoms with van der Waals surface area (Å²) < 4.78 is 2.23. The third-order valence-corrected chi connectivity index (χ3v) is 2.70. The summed E-state index contributed by atoms with van der Waals surface area (Å²) in [6, 6.07) is 5.80. The van der Waals surface area contributed by atoms with Crippen LogP contribution in [-0.2, 0) is 6.54 Å². The Kier molecular flexibility index (Phi) is 4.12. The van der Waals surface area contributed by atoms with Crippen LogP contribution in [0.4, 0.5) is 0 Å². The summed E-state index contributed by atoms with van der Waals surface area (Å²) in [6.07, 6.45) is 1.65. The van der Waals surface area contributed by atoms with E-state index in [4.69, 9.17) is 10.5 Å². The molecule has 0 atom stereocenters. The fourth-order valence-electron chi connectivity index (χ4n) is 1.87. The van der Waals surface area contributed by atoms with Gasteiger partial charge in [0.15, 0.2) is 0 Å². The van der Waals surface area contributed by atoms with Gasteiger partial charge in [0.2, 0.25) is 0 Å². The van der Waals surface area contributed by atoms with Crippen LogP contribution in [0.1, 0.15) is 30.8 Å². The van der Waals surface area contributed by atoms with Crippen molar-refractivity contribution >= 4 is 6.08 Å². The number of hydrogen-bond acceptors (Lipinski definition) is 2. The van der Waals surface area contributed by atoms with Crippen molar-refractivity contribution in [2.45, 2.75) is 34.2 Å². The Bertz CT molecular complexity index is 503. The van der Waals surface area contributed by atoms with Gasteiger partial charge in [-0.05, 0) is 37.5 Å². The van der Waals surface area contributed by atoms with Crippen molar-refractivity contribution in [3.8, 4) is 12.1 Å². The SMILES string of the molecule is Cc1cc(C=C(C#N)C#N)c(C)n1CC(C)C. The van der Waals surface area contributed by atoms with Crippen molar-refractivity contribution < 1.29 is 0 Å². The van der Waals surface area contributed by atoms with Crippen LogP contribution in [0.5, 0.6) is 0 Å². The molecule has 1 aromatic heterocycles. The van der Waals surface area contributed by atoms with Gasteiger partial charge in [-0.2, -0.15) is 10.5 Å². The molecule has 0 spiro atoms. The van der Waals surface area contributed by atoms with E-state index in [2.05, 4.69) is 18.4 Å². The lowest BCUT2D eigenvalue weighted by Gasteiger charge is -2.11. The maximum absolute atomic E-state index is 8.75. The second-order valence-electron chi connectivity index (χ2n) is 4.61. The lowest BCUT2D eigenvalue weighted by molar-refractivity contribution is 0.509. The monoisotopic (exact) mass is 227 g/mol. The smallest absolute Gasteiger partial charge is 0.130 e. The topological polar surface area (TPSA) is 52.5 Å². The van der Waals surface area contributed by atoms with E-state index < -0.39 is 0 Å². The molecule has 3 heteroatoms. The quantitative estimate of drug-likeness (QED) is 0.744. The van der Waals surface area contributed by atoms with Crippen LogP contribution in [0.25, 0.3) is 6.08 Å². The molecule has 0 radical (unpaired) electrons. The Morgan fingerprint density at radius 2 is 1.94 bits per heavy atom. The molecule has 0 aromatic carbocycles. The molecule has 0 aliphatic heterocycles. The van der Waals surface area contributed by atoms with Crippen LogP contribution in [0.3, 0.4) is 0 Å². The van der Waals surface area contributed by atoms with E-state index in [0.717, 1.165) is 23.5 Å². The van der Waals surface area contributed by atoms with Gasteiger partial charge in [-0.25, -0.2) is 0 Å². The van der Waals surface area contributed by atoms with E-state index in [1.54, 1.807) is 6.08 Å². The summed E-state index contributed by atoms with van der Waals surface area (Å²) in [7, 11) is 0. The maximum atomic E-state index is 8.75. The molecule has 17 heavy (non-hydrogen) atoms. The highest BCUT2D eigenvalue weighted by molar-refractivity contribution is 5.64. The van der Waals surface area contributed by atoms with E-state index in [1.165, 1.54) is 0 Å². The zero-order valence-corrected chi connectivity index (χ0v) is 10.8. The van der Waals surface area contributed by atoms with Crippen molar-refractivity contribution in [1.82, 2.24) is 4.57 Å². The minimum absolute atomic E-state index is 0.148. The van der Waals surface area contributed by atoms with Crippen molar-refractivity contribution in [3.63, 3.8) is 0 Å². The Morgan fingerprint density at radius 3 is 2.41 bits per heavy atom. The minimum Gasteiger partial charge on any atom is -0.348 e. The molecule has 0 bridgehead atoms. The molecule has 0 N–H and O–H groups in total. The number of rotatable bonds is 3. The molecule has 0 unspecified atom stereocenters. The van der Waals surface area contributed by atoms with Crippen molar-refractivity contribution in [1.29, 1.82) is 10.5 Å². The molecule has 0 amide bonds. The molecule has 0 fully saturated rings. The highest BCUT2D eigenvalue weighted by Gasteiger charge is 2.09. The first kappa shape index (κ1) is 13.1. The number of nitrogens with zero attached hydrogens (tertiary/aromatic N) is 3. The van der Waals surface area contributed by atoms with Crippen molar-refractivity contribution in [2.75, 3.05) is 0 Å². The summed E-state index contributed by atoms with van der Waals surface area (Å²) in [5.41, 5.74) is 3.38. The number of aryl methyl sites for hydroxylation is 1. The molecule has 88 valence electrons. The normalized spacial score (nSPS) is 9.82. The fraction of sp³-hybridized carbons (Fsp3) is 0.429. The van der Waals surface area contributed by atoms with Crippen LogP contribution in [0.15, 0.2) is 11.6 Å². The van der Waals surface area contributed by atoms with Crippen molar-refractivity contribution in [3.05, 3.63) is 28.6 Å². The minimum atomic E-state index is 0.148. The summed E-state index contributed by atoms with van der Waals surface area (Å²) in [5, 5.41) is 17.5. The molecule has 0 saturated carbocycles. The van der Waals surface area contributed by atoms with Gasteiger partial charge in [-0.1, -0.05) is 13.8 Å².